The van der Waals surface area contributed by atoms with E-state index in [9.17, 15) is 14.9 Å². The minimum atomic E-state index is -1.23. The number of nitro benzene ring substituents is 1. The lowest BCUT2D eigenvalue weighted by atomic mass is 10.2. The number of nitro groups is 1. The molecule has 1 heterocycles. The molecule has 0 spiro atoms. The lowest BCUT2D eigenvalue weighted by molar-refractivity contribution is -0.384. The Kier molecular flexibility index (Phi) is 3.74. The van der Waals surface area contributed by atoms with Crippen LogP contribution in [0.3, 0.4) is 0 Å². The highest BCUT2D eigenvalue weighted by molar-refractivity contribution is 8.00. The number of nitrogens with zero attached hydrogens (tertiary/aromatic N) is 1. The summed E-state index contributed by atoms with van der Waals surface area (Å²) in [5.41, 5.74) is -0.474. The molecule has 1 aliphatic rings. The Labute approximate surface area is 111 Å². The maximum absolute atomic E-state index is 11.1. The van der Waals surface area contributed by atoms with E-state index in [1.807, 2.05) is 0 Å². The van der Waals surface area contributed by atoms with Gasteiger partial charge >= 0.3 is 5.97 Å². The molecule has 0 aromatic heterocycles. The molecule has 18 heavy (non-hydrogen) atoms. The van der Waals surface area contributed by atoms with E-state index in [1.165, 1.54) is 11.8 Å². The van der Waals surface area contributed by atoms with Crippen molar-refractivity contribution in [3.63, 3.8) is 0 Å². The summed E-state index contributed by atoms with van der Waals surface area (Å²) in [7, 11) is 0. The summed E-state index contributed by atoms with van der Waals surface area (Å²) < 4.78 is 4.99. The topological polar surface area (TPSA) is 89.7 Å². The molecular weight excluding hydrogens is 282 g/mol. The molecular formula is C10H8ClNO5S. The molecule has 0 aliphatic carbocycles. The van der Waals surface area contributed by atoms with Crippen LogP contribution in [0.2, 0.25) is 5.02 Å². The maximum Gasteiger partial charge on any atom is 0.337 e. The highest BCUT2D eigenvalue weighted by Crippen LogP contribution is 2.38. The zero-order valence-electron chi connectivity index (χ0n) is 8.96. The molecule has 6 nitrogen and oxygen atoms in total. The van der Waals surface area contributed by atoms with E-state index in [2.05, 4.69) is 0 Å². The Morgan fingerprint density at radius 2 is 2.22 bits per heavy atom. The minimum absolute atomic E-state index is 0.0819. The van der Waals surface area contributed by atoms with Crippen molar-refractivity contribution < 1.29 is 19.6 Å². The Balaban J connectivity index is 2.42. The number of carboxylic acid groups (broad SMARTS) is 1. The summed E-state index contributed by atoms with van der Waals surface area (Å²) in [6, 6.07) is 2.19. The van der Waals surface area contributed by atoms with E-state index in [-0.39, 0.29) is 21.5 Å². The Hall–Kier alpha value is -1.31. The van der Waals surface area contributed by atoms with Gasteiger partial charge in [0.2, 0.25) is 0 Å². The van der Waals surface area contributed by atoms with Gasteiger partial charge in [0.1, 0.15) is 0 Å². The van der Waals surface area contributed by atoms with Crippen LogP contribution < -0.4 is 0 Å². The first-order chi connectivity index (χ1) is 8.49. The first-order valence-corrected chi connectivity index (χ1v) is 6.20. The Morgan fingerprint density at radius 3 is 2.67 bits per heavy atom. The largest absolute Gasteiger partial charge is 0.478 e. The van der Waals surface area contributed by atoms with Gasteiger partial charge in [0, 0.05) is 17.0 Å². The van der Waals surface area contributed by atoms with Crippen molar-refractivity contribution in [2.75, 3.05) is 13.2 Å². The molecule has 0 unspecified atom stereocenters. The van der Waals surface area contributed by atoms with E-state index in [0.717, 1.165) is 12.1 Å². The Morgan fingerprint density at radius 1 is 1.56 bits per heavy atom. The third-order valence-electron chi connectivity index (χ3n) is 2.36. The predicted molar refractivity (Wildman–Crippen MR) is 65.5 cm³/mol. The van der Waals surface area contributed by atoms with Gasteiger partial charge in [-0.05, 0) is 0 Å². The number of rotatable bonds is 4. The van der Waals surface area contributed by atoms with Gasteiger partial charge in [0.05, 0.1) is 34.0 Å². The summed E-state index contributed by atoms with van der Waals surface area (Å²) in [6.07, 6.45) is 0. The third-order valence-corrected chi connectivity index (χ3v) is 4.05. The molecule has 1 saturated heterocycles. The second-order valence-corrected chi connectivity index (χ2v) is 5.36. The van der Waals surface area contributed by atoms with Crippen molar-refractivity contribution in [1.82, 2.24) is 0 Å². The number of hydrogen-bond donors (Lipinski definition) is 1. The van der Waals surface area contributed by atoms with Gasteiger partial charge in [0.25, 0.3) is 5.69 Å². The van der Waals surface area contributed by atoms with Crippen LogP contribution in [0.15, 0.2) is 17.0 Å². The molecule has 96 valence electrons. The van der Waals surface area contributed by atoms with E-state index in [4.69, 9.17) is 21.4 Å². The predicted octanol–water partition coefficient (Wildman–Crippen LogP) is 2.44. The highest BCUT2D eigenvalue weighted by atomic mass is 35.5. The van der Waals surface area contributed by atoms with E-state index in [1.54, 1.807) is 0 Å². The van der Waals surface area contributed by atoms with Crippen LogP contribution in [0.1, 0.15) is 10.4 Å². The summed E-state index contributed by atoms with van der Waals surface area (Å²) in [5.74, 6) is -1.23. The highest BCUT2D eigenvalue weighted by Gasteiger charge is 2.26. The number of carboxylic acids is 1. The van der Waals surface area contributed by atoms with Gasteiger partial charge in [0.15, 0.2) is 0 Å². The summed E-state index contributed by atoms with van der Waals surface area (Å²) in [5, 5.41) is 20.0. The van der Waals surface area contributed by atoms with Crippen LogP contribution in [-0.2, 0) is 4.74 Å². The molecule has 1 aromatic rings. The first kappa shape index (κ1) is 13.1. The molecule has 1 N–H and O–H groups in total. The number of ether oxygens (including phenoxy) is 1. The average molecular weight is 290 g/mol. The van der Waals surface area contributed by atoms with E-state index < -0.39 is 10.9 Å². The fourth-order valence-electron chi connectivity index (χ4n) is 1.41. The summed E-state index contributed by atoms with van der Waals surface area (Å²) in [4.78, 5) is 21.4. The van der Waals surface area contributed by atoms with Gasteiger partial charge in [-0.3, -0.25) is 10.1 Å². The van der Waals surface area contributed by atoms with Crippen LogP contribution in [0.4, 0.5) is 5.69 Å². The fraction of sp³-hybridized carbons (Fsp3) is 0.300. The molecule has 0 radical (unpaired) electrons. The van der Waals surface area contributed by atoms with Crippen molar-refractivity contribution in [1.29, 1.82) is 0 Å². The maximum atomic E-state index is 11.1. The van der Waals surface area contributed by atoms with Crippen LogP contribution in [0, 0.1) is 10.1 Å². The number of carbonyl (C=O) groups is 1. The number of non-ortho nitro benzene ring substituents is 1. The number of aromatic carboxylic acids is 1. The molecule has 0 saturated carbocycles. The van der Waals surface area contributed by atoms with Crippen molar-refractivity contribution >= 4 is 35.0 Å². The van der Waals surface area contributed by atoms with Crippen LogP contribution in [0.5, 0.6) is 0 Å². The SMILES string of the molecule is O=C(O)c1cc([N+](=O)[O-])cc(Cl)c1SC1COC1. The lowest BCUT2D eigenvalue weighted by Gasteiger charge is -2.26. The standard InChI is InChI=1S/C10H8ClNO5S/c11-8-2-5(12(15)16)1-7(10(13)14)9(8)18-6-3-17-4-6/h1-2,6H,3-4H2,(H,13,14). The van der Waals surface area contributed by atoms with Gasteiger partial charge in [-0.2, -0.15) is 0 Å². The lowest BCUT2D eigenvalue weighted by Crippen LogP contribution is -2.30. The smallest absolute Gasteiger partial charge is 0.337 e. The number of hydrogen-bond acceptors (Lipinski definition) is 5. The van der Waals surface area contributed by atoms with Gasteiger partial charge in [-0.25, -0.2) is 4.79 Å². The summed E-state index contributed by atoms with van der Waals surface area (Å²) in [6.45, 7) is 1.05. The molecule has 8 heteroatoms. The van der Waals surface area contributed by atoms with Crippen molar-refractivity contribution in [3.8, 4) is 0 Å². The monoisotopic (exact) mass is 289 g/mol. The number of thioether (sulfide) groups is 1. The van der Waals surface area contributed by atoms with Crippen LogP contribution >= 0.6 is 23.4 Å². The molecule has 0 atom stereocenters. The quantitative estimate of drug-likeness (QED) is 0.676. The van der Waals surface area contributed by atoms with Crippen LogP contribution in [0.25, 0.3) is 0 Å². The van der Waals surface area contributed by atoms with Crippen molar-refractivity contribution in [3.05, 3.63) is 32.8 Å². The van der Waals surface area contributed by atoms with Crippen LogP contribution in [-0.4, -0.2) is 34.5 Å². The second-order valence-electron chi connectivity index (χ2n) is 3.64. The Bertz CT molecular complexity index is 517. The van der Waals surface area contributed by atoms with Gasteiger partial charge in [-0.15, -0.1) is 11.8 Å². The van der Waals surface area contributed by atoms with Gasteiger partial charge < -0.3 is 9.84 Å². The first-order valence-electron chi connectivity index (χ1n) is 4.94. The normalized spacial score (nSPS) is 15.2. The fourth-order valence-corrected chi connectivity index (χ4v) is 2.87. The molecule has 0 bridgehead atoms. The molecule has 0 amide bonds. The van der Waals surface area contributed by atoms with Crippen molar-refractivity contribution in [2.24, 2.45) is 0 Å². The number of halogens is 1. The zero-order valence-corrected chi connectivity index (χ0v) is 10.5. The third kappa shape index (κ3) is 2.58. The molecule has 1 fully saturated rings. The van der Waals surface area contributed by atoms with E-state index >= 15 is 0 Å². The van der Waals surface area contributed by atoms with Crippen molar-refractivity contribution in [2.45, 2.75) is 10.1 Å². The van der Waals surface area contributed by atoms with E-state index in [0.29, 0.717) is 18.1 Å². The number of benzene rings is 1. The van der Waals surface area contributed by atoms with Gasteiger partial charge in [-0.1, -0.05) is 11.6 Å². The molecule has 1 aliphatic heterocycles. The summed E-state index contributed by atoms with van der Waals surface area (Å²) >= 11 is 7.19. The molecule has 2 rings (SSSR count). The minimum Gasteiger partial charge on any atom is -0.478 e. The average Bonchev–Trinajstić information content (AvgIpc) is 2.23. The second kappa shape index (κ2) is 5.13. The molecule has 1 aromatic carbocycles. The zero-order chi connectivity index (χ0) is 13.3.